The summed E-state index contributed by atoms with van der Waals surface area (Å²) >= 11 is 20.0. The fourth-order valence-corrected chi connectivity index (χ4v) is 0.807. The van der Waals surface area contributed by atoms with Crippen LogP contribution in [0.3, 0.4) is 0 Å². The Bertz CT molecular complexity index is 135. The Labute approximate surface area is 84.7 Å². The van der Waals surface area contributed by atoms with Gasteiger partial charge in [0.25, 0.3) is 0 Å². The Morgan fingerprint density at radius 1 is 1.45 bits per heavy atom. The maximum Gasteiger partial charge on any atom is 0.401 e. The standard InChI is InChI=1S/C4H5Cl3.CHClO2/c1-3(5)2-4(6)7;2-1(3)4/h2-3H,1H3;(H,3,4). The van der Waals surface area contributed by atoms with E-state index in [0.717, 1.165) is 0 Å². The molecular weight excluding hydrogens is 234 g/mol. The summed E-state index contributed by atoms with van der Waals surface area (Å²) in [7, 11) is 0. The molecule has 0 bridgehead atoms. The van der Waals surface area contributed by atoms with Gasteiger partial charge >= 0.3 is 5.43 Å². The van der Waals surface area contributed by atoms with Crippen molar-refractivity contribution in [3.05, 3.63) is 10.6 Å². The van der Waals surface area contributed by atoms with E-state index in [0.29, 0.717) is 0 Å². The average molecular weight is 240 g/mol. The first kappa shape index (κ1) is 13.9. The zero-order valence-corrected chi connectivity index (χ0v) is 8.55. The van der Waals surface area contributed by atoms with E-state index in [2.05, 4.69) is 11.6 Å². The van der Waals surface area contributed by atoms with E-state index in [1.54, 1.807) is 13.0 Å². The minimum absolute atomic E-state index is 0.0787. The van der Waals surface area contributed by atoms with Gasteiger partial charge in [0, 0.05) is 11.6 Å². The molecule has 0 aliphatic heterocycles. The van der Waals surface area contributed by atoms with Crippen LogP contribution in [-0.4, -0.2) is 15.9 Å². The predicted molar refractivity (Wildman–Crippen MR) is 49.0 cm³/mol. The van der Waals surface area contributed by atoms with Crippen LogP contribution in [0.25, 0.3) is 0 Å². The highest BCUT2D eigenvalue weighted by atomic mass is 35.5. The lowest BCUT2D eigenvalue weighted by atomic mass is 10.5. The highest BCUT2D eigenvalue weighted by Gasteiger charge is 1.88. The third-order valence-electron chi connectivity index (χ3n) is 0.356. The van der Waals surface area contributed by atoms with Crippen molar-refractivity contribution in [2.45, 2.75) is 12.3 Å². The molecule has 0 aromatic carbocycles. The smallest absolute Gasteiger partial charge is 0.401 e. The SMILES string of the molecule is CC(Cl)C=C(Cl)Cl.O=C(O)Cl. The summed E-state index contributed by atoms with van der Waals surface area (Å²) in [5, 5.41) is 7.10. The number of halogens is 4. The van der Waals surface area contributed by atoms with Crippen molar-refractivity contribution < 1.29 is 9.90 Å². The molecule has 0 fully saturated rings. The number of rotatable bonds is 1. The molecule has 0 radical (unpaired) electrons. The number of alkyl halides is 1. The first-order valence-electron chi connectivity index (χ1n) is 2.41. The van der Waals surface area contributed by atoms with Gasteiger partial charge in [-0.2, -0.15) is 0 Å². The molecule has 0 aliphatic rings. The van der Waals surface area contributed by atoms with Crippen LogP contribution in [0.5, 0.6) is 0 Å². The molecule has 0 saturated heterocycles. The second-order valence-electron chi connectivity index (χ2n) is 1.39. The lowest BCUT2D eigenvalue weighted by molar-refractivity contribution is 0.220. The third-order valence-corrected chi connectivity index (χ3v) is 0.734. The van der Waals surface area contributed by atoms with Crippen molar-refractivity contribution >= 4 is 51.8 Å². The van der Waals surface area contributed by atoms with Gasteiger partial charge in [-0.25, -0.2) is 4.79 Å². The van der Waals surface area contributed by atoms with Crippen molar-refractivity contribution in [3.63, 3.8) is 0 Å². The average Bonchev–Trinajstić information content (AvgIpc) is 1.56. The Balaban J connectivity index is 0. The largest absolute Gasteiger partial charge is 0.469 e. The maximum absolute atomic E-state index is 8.77. The van der Waals surface area contributed by atoms with Gasteiger partial charge in [0.05, 0.1) is 5.38 Å². The second-order valence-corrected chi connectivity index (χ2v) is 3.41. The minimum atomic E-state index is -1.36. The minimum Gasteiger partial charge on any atom is -0.469 e. The van der Waals surface area contributed by atoms with Crippen molar-refractivity contribution in [1.82, 2.24) is 0 Å². The molecule has 0 aromatic heterocycles. The van der Waals surface area contributed by atoms with Crippen molar-refractivity contribution in [3.8, 4) is 0 Å². The van der Waals surface area contributed by atoms with E-state index >= 15 is 0 Å². The predicted octanol–water partition coefficient (Wildman–Crippen LogP) is 3.84. The summed E-state index contributed by atoms with van der Waals surface area (Å²) in [5.74, 6) is 0. The molecule has 0 aromatic rings. The first-order valence-corrected chi connectivity index (χ1v) is 3.98. The number of carbonyl (C=O) groups is 1. The molecule has 0 rings (SSSR count). The number of allylic oxidation sites excluding steroid dienone is 1. The summed E-state index contributed by atoms with van der Waals surface area (Å²) in [4.78, 5) is 8.77. The van der Waals surface area contributed by atoms with Crippen LogP contribution < -0.4 is 0 Å². The van der Waals surface area contributed by atoms with Gasteiger partial charge in [0.2, 0.25) is 0 Å². The van der Waals surface area contributed by atoms with Gasteiger partial charge < -0.3 is 5.11 Å². The number of hydrogen-bond donors (Lipinski definition) is 1. The monoisotopic (exact) mass is 238 g/mol. The Kier molecular flexibility index (Phi) is 10.7. The topological polar surface area (TPSA) is 37.3 Å². The van der Waals surface area contributed by atoms with Gasteiger partial charge in [-0.15, -0.1) is 11.6 Å². The van der Waals surface area contributed by atoms with Crippen LogP contribution in [0, 0.1) is 0 Å². The fraction of sp³-hybridized carbons (Fsp3) is 0.400. The number of hydrogen-bond acceptors (Lipinski definition) is 1. The normalized spacial score (nSPS) is 10.6. The Morgan fingerprint density at radius 3 is 1.73 bits per heavy atom. The van der Waals surface area contributed by atoms with E-state index < -0.39 is 5.43 Å². The van der Waals surface area contributed by atoms with E-state index in [9.17, 15) is 0 Å². The van der Waals surface area contributed by atoms with Gasteiger partial charge in [-0.1, -0.05) is 23.2 Å². The van der Waals surface area contributed by atoms with E-state index in [1.807, 2.05) is 0 Å². The summed E-state index contributed by atoms with van der Waals surface area (Å²) in [5.41, 5.74) is -1.36. The highest BCUT2D eigenvalue weighted by Crippen LogP contribution is 2.09. The van der Waals surface area contributed by atoms with Gasteiger partial charge in [0.1, 0.15) is 4.49 Å². The summed E-state index contributed by atoms with van der Waals surface area (Å²) in [6, 6.07) is 0. The molecule has 6 heteroatoms. The lowest BCUT2D eigenvalue weighted by Crippen LogP contribution is -1.79. The molecule has 2 nitrogen and oxygen atoms in total. The summed E-state index contributed by atoms with van der Waals surface area (Å²) in [6.07, 6.45) is 1.55. The van der Waals surface area contributed by atoms with Gasteiger partial charge in [0.15, 0.2) is 0 Å². The zero-order valence-electron chi connectivity index (χ0n) is 5.52. The molecule has 0 saturated carbocycles. The van der Waals surface area contributed by atoms with E-state index in [-0.39, 0.29) is 9.87 Å². The maximum atomic E-state index is 8.77. The molecule has 1 unspecified atom stereocenters. The number of carboxylic acid groups (broad SMARTS) is 1. The quantitative estimate of drug-likeness (QED) is 0.558. The molecule has 0 heterocycles. The fourth-order valence-electron chi connectivity index (χ4n) is 0.174. The molecule has 66 valence electrons. The van der Waals surface area contributed by atoms with Crippen molar-refractivity contribution in [2.75, 3.05) is 0 Å². The third kappa shape index (κ3) is 38.0. The van der Waals surface area contributed by atoms with E-state index in [4.69, 9.17) is 44.7 Å². The summed E-state index contributed by atoms with van der Waals surface area (Å²) < 4.78 is 0.225. The molecule has 11 heavy (non-hydrogen) atoms. The van der Waals surface area contributed by atoms with Crippen LogP contribution >= 0.6 is 46.4 Å². The van der Waals surface area contributed by atoms with Crippen LogP contribution in [-0.2, 0) is 0 Å². The van der Waals surface area contributed by atoms with Crippen LogP contribution in [0.1, 0.15) is 6.92 Å². The zero-order chi connectivity index (χ0) is 9.44. The molecule has 0 aliphatic carbocycles. The van der Waals surface area contributed by atoms with E-state index in [1.165, 1.54) is 0 Å². The summed E-state index contributed by atoms with van der Waals surface area (Å²) in [6.45, 7) is 1.78. The van der Waals surface area contributed by atoms with Crippen LogP contribution in [0.2, 0.25) is 0 Å². The van der Waals surface area contributed by atoms with Crippen molar-refractivity contribution in [2.24, 2.45) is 0 Å². The lowest BCUT2D eigenvalue weighted by Gasteiger charge is -1.87. The molecule has 1 N–H and O–H groups in total. The Hall–Kier alpha value is 0.370. The Morgan fingerprint density at radius 2 is 1.73 bits per heavy atom. The molecular formula is C5H6Cl4O2. The highest BCUT2D eigenvalue weighted by molar-refractivity contribution is 6.60. The second kappa shape index (κ2) is 8.47. The van der Waals surface area contributed by atoms with Crippen LogP contribution in [0.15, 0.2) is 10.6 Å². The first-order chi connectivity index (χ1) is 4.86. The van der Waals surface area contributed by atoms with Crippen LogP contribution in [0.4, 0.5) is 4.79 Å². The molecule has 0 spiro atoms. The van der Waals surface area contributed by atoms with Gasteiger partial charge in [-0.3, -0.25) is 0 Å². The van der Waals surface area contributed by atoms with Gasteiger partial charge in [-0.05, 0) is 13.0 Å². The molecule has 0 amide bonds. The molecule has 1 atom stereocenters. The van der Waals surface area contributed by atoms with Crippen molar-refractivity contribution in [1.29, 1.82) is 0 Å².